The van der Waals surface area contributed by atoms with Crippen molar-refractivity contribution in [2.45, 2.75) is 60.0 Å². The molecule has 1 aromatic heterocycles. The topological polar surface area (TPSA) is 29.9 Å². The molecule has 0 bridgehead atoms. The van der Waals surface area contributed by atoms with Crippen molar-refractivity contribution >= 4 is 0 Å². The molecule has 0 aromatic carbocycles. The standard InChI is InChI=1S/C15H27N3/c1-7-12(4)10-18-14(6)15(13(5)17-18)8-9-16-11(2)3/h11,16H,4,7-10H2,1-3,5-6H3. The van der Waals surface area contributed by atoms with Crippen LogP contribution in [0.2, 0.25) is 0 Å². The van der Waals surface area contributed by atoms with Gasteiger partial charge >= 0.3 is 0 Å². The van der Waals surface area contributed by atoms with Crippen molar-refractivity contribution in [3.8, 4) is 0 Å². The molecule has 0 aliphatic heterocycles. The van der Waals surface area contributed by atoms with Crippen molar-refractivity contribution in [3.05, 3.63) is 29.1 Å². The molecule has 1 aromatic rings. The fraction of sp³-hybridized carbons (Fsp3) is 0.667. The van der Waals surface area contributed by atoms with Crippen LogP contribution in [0.4, 0.5) is 0 Å². The van der Waals surface area contributed by atoms with Gasteiger partial charge < -0.3 is 5.32 Å². The molecule has 0 fully saturated rings. The molecular weight excluding hydrogens is 222 g/mol. The molecule has 0 radical (unpaired) electrons. The number of aromatic nitrogens is 2. The van der Waals surface area contributed by atoms with E-state index in [1.807, 2.05) is 0 Å². The first kappa shape index (κ1) is 15.0. The zero-order valence-electron chi connectivity index (χ0n) is 12.5. The van der Waals surface area contributed by atoms with Gasteiger partial charge in [-0.1, -0.05) is 32.9 Å². The minimum Gasteiger partial charge on any atom is -0.314 e. The smallest absolute Gasteiger partial charge is 0.0629 e. The van der Waals surface area contributed by atoms with Gasteiger partial charge in [0.05, 0.1) is 12.2 Å². The summed E-state index contributed by atoms with van der Waals surface area (Å²) in [6, 6.07) is 0.542. The van der Waals surface area contributed by atoms with Gasteiger partial charge in [0.2, 0.25) is 0 Å². The van der Waals surface area contributed by atoms with Gasteiger partial charge in [-0.15, -0.1) is 0 Å². The van der Waals surface area contributed by atoms with Crippen molar-refractivity contribution in [2.75, 3.05) is 6.54 Å². The van der Waals surface area contributed by atoms with Crippen molar-refractivity contribution in [1.82, 2.24) is 15.1 Å². The summed E-state index contributed by atoms with van der Waals surface area (Å²) in [6.07, 6.45) is 2.07. The zero-order valence-corrected chi connectivity index (χ0v) is 12.5. The molecule has 18 heavy (non-hydrogen) atoms. The van der Waals surface area contributed by atoms with Crippen LogP contribution in [0.25, 0.3) is 0 Å². The molecule has 1 heterocycles. The molecular formula is C15H27N3. The Hall–Kier alpha value is -1.09. The third-order valence-electron chi connectivity index (χ3n) is 3.33. The fourth-order valence-corrected chi connectivity index (χ4v) is 2.06. The van der Waals surface area contributed by atoms with Crippen LogP contribution >= 0.6 is 0 Å². The third kappa shape index (κ3) is 3.98. The van der Waals surface area contributed by atoms with Crippen LogP contribution in [0, 0.1) is 13.8 Å². The first-order chi connectivity index (χ1) is 8.45. The van der Waals surface area contributed by atoms with E-state index >= 15 is 0 Å². The fourth-order valence-electron chi connectivity index (χ4n) is 2.06. The Bertz CT molecular complexity index is 402. The third-order valence-corrected chi connectivity index (χ3v) is 3.33. The summed E-state index contributed by atoms with van der Waals surface area (Å²) >= 11 is 0. The molecule has 102 valence electrons. The Labute approximate surface area is 111 Å². The first-order valence-electron chi connectivity index (χ1n) is 6.88. The Morgan fingerprint density at radius 3 is 2.61 bits per heavy atom. The normalized spacial score (nSPS) is 11.2. The quantitative estimate of drug-likeness (QED) is 0.753. The van der Waals surface area contributed by atoms with Crippen LogP contribution in [0.15, 0.2) is 12.2 Å². The molecule has 1 N–H and O–H groups in total. The number of hydrogen-bond donors (Lipinski definition) is 1. The minimum atomic E-state index is 0.542. The molecule has 0 amide bonds. The van der Waals surface area contributed by atoms with E-state index in [1.54, 1.807) is 0 Å². The highest BCUT2D eigenvalue weighted by Gasteiger charge is 2.11. The SMILES string of the molecule is C=C(CC)Cn1nc(C)c(CCNC(C)C)c1C. The van der Waals surface area contributed by atoms with E-state index in [2.05, 4.69) is 56.3 Å². The van der Waals surface area contributed by atoms with Gasteiger partial charge in [0.25, 0.3) is 0 Å². The van der Waals surface area contributed by atoms with Crippen molar-refractivity contribution in [2.24, 2.45) is 0 Å². The summed E-state index contributed by atoms with van der Waals surface area (Å²) in [7, 11) is 0. The Balaban J connectivity index is 2.71. The average molecular weight is 249 g/mol. The first-order valence-corrected chi connectivity index (χ1v) is 6.88. The monoisotopic (exact) mass is 249 g/mol. The second-order valence-electron chi connectivity index (χ2n) is 5.27. The second kappa shape index (κ2) is 6.74. The van der Waals surface area contributed by atoms with Gasteiger partial charge in [-0.05, 0) is 38.8 Å². The second-order valence-corrected chi connectivity index (χ2v) is 5.27. The summed E-state index contributed by atoms with van der Waals surface area (Å²) < 4.78 is 2.09. The lowest BCUT2D eigenvalue weighted by Crippen LogP contribution is -2.25. The Kier molecular flexibility index (Phi) is 5.60. The highest BCUT2D eigenvalue weighted by molar-refractivity contribution is 5.25. The number of allylic oxidation sites excluding steroid dienone is 1. The van der Waals surface area contributed by atoms with E-state index < -0.39 is 0 Å². The molecule has 0 atom stereocenters. The van der Waals surface area contributed by atoms with Crippen molar-refractivity contribution in [1.29, 1.82) is 0 Å². The van der Waals surface area contributed by atoms with E-state index in [1.165, 1.54) is 16.8 Å². The van der Waals surface area contributed by atoms with Gasteiger partial charge in [0.1, 0.15) is 0 Å². The maximum Gasteiger partial charge on any atom is 0.0629 e. The molecule has 0 spiro atoms. The van der Waals surface area contributed by atoms with Crippen LogP contribution < -0.4 is 5.32 Å². The van der Waals surface area contributed by atoms with Crippen LogP contribution in [0.5, 0.6) is 0 Å². The molecule has 0 aliphatic rings. The van der Waals surface area contributed by atoms with E-state index in [4.69, 9.17) is 0 Å². The minimum absolute atomic E-state index is 0.542. The summed E-state index contributed by atoms with van der Waals surface area (Å²) in [6.45, 7) is 16.7. The van der Waals surface area contributed by atoms with Gasteiger partial charge in [-0.2, -0.15) is 5.10 Å². The zero-order chi connectivity index (χ0) is 13.7. The average Bonchev–Trinajstić information content (AvgIpc) is 2.56. The Morgan fingerprint density at radius 2 is 2.06 bits per heavy atom. The van der Waals surface area contributed by atoms with E-state index in [0.717, 1.165) is 31.6 Å². The van der Waals surface area contributed by atoms with Gasteiger partial charge in [-0.25, -0.2) is 0 Å². The predicted octanol–water partition coefficient (Wildman–Crippen LogP) is 3.01. The number of aryl methyl sites for hydroxylation is 1. The predicted molar refractivity (Wildman–Crippen MR) is 78.0 cm³/mol. The van der Waals surface area contributed by atoms with Crippen LogP contribution in [0.1, 0.15) is 44.1 Å². The van der Waals surface area contributed by atoms with Crippen LogP contribution in [0.3, 0.4) is 0 Å². The lowest BCUT2D eigenvalue weighted by atomic mass is 10.1. The molecule has 3 heteroatoms. The number of nitrogens with zero attached hydrogens (tertiary/aromatic N) is 2. The molecule has 1 rings (SSSR count). The largest absolute Gasteiger partial charge is 0.314 e. The lowest BCUT2D eigenvalue weighted by Gasteiger charge is -2.09. The molecule has 0 aliphatic carbocycles. The molecule has 0 saturated heterocycles. The van der Waals surface area contributed by atoms with Gasteiger partial charge in [-0.3, -0.25) is 4.68 Å². The van der Waals surface area contributed by atoms with Crippen LogP contribution in [-0.2, 0) is 13.0 Å². The number of nitrogens with one attached hydrogen (secondary N) is 1. The summed E-state index contributed by atoms with van der Waals surface area (Å²) in [4.78, 5) is 0. The lowest BCUT2D eigenvalue weighted by molar-refractivity contribution is 0.588. The van der Waals surface area contributed by atoms with Gasteiger partial charge in [0, 0.05) is 11.7 Å². The molecule has 0 saturated carbocycles. The van der Waals surface area contributed by atoms with Crippen molar-refractivity contribution < 1.29 is 0 Å². The van der Waals surface area contributed by atoms with Gasteiger partial charge in [0.15, 0.2) is 0 Å². The Morgan fingerprint density at radius 1 is 1.39 bits per heavy atom. The number of rotatable bonds is 7. The van der Waals surface area contributed by atoms with E-state index in [0.29, 0.717) is 6.04 Å². The maximum atomic E-state index is 4.62. The summed E-state index contributed by atoms with van der Waals surface area (Å²) in [5.74, 6) is 0. The van der Waals surface area contributed by atoms with E-state index in [9.17, 15) is 0 Å². The maximum absolute atomic E-state index is 4.62. The molecule has 3 nitrogen and oxygen atoms in total. The molecule has 0 unspecified atom stereocenters. The van der Waals surface area contributed by atoms with Crippen LogP contribution in [-0.4, -0.2) is 22.4 Å². The number of hydrogen-bond acceptors (Lipinski definition) is 2. The highest BCUT2D eigenvalue weighted by atomic mass is 15.3. The summed E-state index contributed by atoms with van der Waals surface area (Å²) in [5.41, 5.74) is 5.05. The summed E-state index contributed by atoms with van der Waals surface area (Å²) in [5, 5.41) is 8.08. The van der Waals surface area contributed by atoms with E-state index in [-0.39, 0.29) is 0 Å². The highest BCUT2D eigenvalue weighted by Crippen LogP contribution is 2.15. The van der Waals surface area contributed by atoms with Crippen molar-refractivity contribution in [3.63, 3.8) is 0 Å².